The standard InChI is InChI=1S/C15H16O4/c1-17-12-6-3-11(4-7-12)5-8-13-9-14(18-2)10-15(16)19-13/h3-6,8-10,12H,7H2,1-2H3/b8-5+. The molecule has 1 heterocycles. The van der Waals surface area contributed by atoms with E-state index in [1.54, 1.807) is 19.3 Å². The van der Waals surface area contributed by atoms with Crippen molar-refractivity contribution >= 4 is 6.08 Å². The van der Waals surface area contributed by atoms with Gasteiger partial charge in [-0.2, -0.15) is 0 Å². The maximum absolute atomic E-state index is 11.3. The highest BCUT2D eigenvalue weighted by atomic mass is 16.5. The van der Waals surface area contributed by atoms with Crippen molar-refractivity contribution < 1.29 is 13.9 Å². The molecule has 2 rings (SSSR count). The summed E-state index contributed by atoms with van der Waals surface area (Å²) < 4.78 is 15.3. The van der Waals surface area contributed by atoms with Gasteiger partial charge in [0.2, 0.25) is 0 Å². The van der Waals surface area contributed by atoms with Gasteiger partial charge in [-0.3, -0.25) is 0 Å². The first-order valence-electron chi connectivity index (χ1n) is 5.99. The van der Waals surface area contributed by atoms with Crippen molar-refractivity contribution in [3.63, 3.8) is 0 Å². The first kappa shape index (κ1) is 13.4. The fourth-order valence-corrected chi connectivity index (χ4v) is 1.77. The van der Waals surface area contributed by atoms with Crippen molar-refractivity contribution in [1.82, 2.24) is 0 Å². The average molecular weight is 260 g/mol. The van der Waals surface area contributed by atoms with Crippen molar-refractivity contribution in [2.45, 2.75) is 12.5 Å². The molecule has 1 unspecified atom stereocenters. The Hall–Kier alpha value is -2.07. The molecular formula is C15H16O4. The van der Waals surface area contributed by atoms with Gasteiger partial charge in [0.25, 0.3) is 0 Å². The predicted octanol–water partition coefficient (Wildman–Crippen LogP) is 2.56. The summed E-state index contributed by atoms with van der Waals surface area (Å²) in [4.78, 5) is 11.3. The molecule has 0 N–H and O–H groups in total. The third kappa shape index (κ3) is 3.69. The van der Waals surface area contributed by atoms with E-state index < -0.39 is 5.63 Å². The third-order valence-corrected chi connectivity index (χ3v) is 2.83. The quantitative estimate of drug-likeness (QED) is 0.834. The van der Waals surface area contributed by atoms with Gasteiger partial charge in [0.05, 0.1) is 19.3 Å². The Morgan fingerprint density at radius 3 is 2.79 bits per heavy atom. The molecule has 0 aromatic carbocycles. The van der Waals surface area contributed by atoms with Gasteiger partial charge in [-0.1, -0.05) is 24.3 Å². The van der Waals surface area contributed by atoms with E-state index in [2.05, 4.69) is 6.08 Å². The lowest BCUT2D eigenvalue weighted by Crippen LogP contribution is -2.07. The summed E-state index contributed by atoms with van der Waals surface area (Å²) in [5.74, 6) is 0.955. The van der Waals surface area contributed by atoms with E-state index in [4.69, 9.17) is 13.9 Å². The maximum Gasteiger partial charge on any atom is 0.339 e. The molecule has 0 saturated carbocycles. The molecule has 4 heteroatoms. The first-order valence-corrected chi connectivity index (χ1v) is 5.99. The van der Waals surface area contributed by atoms with Crippen LogP contribution in [0.25, 0.3) is 6.08 Å². The summed E-state index contributed by atoms with van der Waals surface area (Å²) in [6, 6.07) is 2.98. The van der Waals surface area contributed by atoms with Gasteiger partial charge in [0, 0.05) is 13.2 Å². The average Bonchev–Trinajstić information content (AvgIpc) is 2.45. The zero-order valence-electron chi connectivity index (χ0n) is 11.0. The molecular weight excluding hydrogens is 244 g/mol. The number of ether oxygens (including phenoxy) is 2. The Morgan fingerprint density at radius 1 is 1.32 bits per heavy atom. The molecule has 0 fully saturated rings. The van der Waals surface area contributed by atoms with Gasteiger partial charge in [-0.05, 0) is 18.1 Å². The van der Waals surface area contributed by atoms with E-state index in [1.165, 1.54) is 13.2 Å². The monoisotopic (exact) mass is 260 g/mol. The highest BCUT2D eigenvalue weighted by Crippen LogP contribution is 2.16. The molecule has 0 amide bonds. The molecule has 0 spiro atoms. The number of allylic oxidation sites excluding steroid dienone is 3. The normalized spacial score (nSPS) is 18.6. The second kappa shape index (κ2) is 6.20. The number of methoxy groups -OCH3 is 2. The predicted molar refractivity (Wildman–Crippen MR) is 73.2 cm³/mol. The Morgan fingerprint density at radius 2 is 2.16 bits per heavy atom. The van der Waals surface area contributed by atoms with E-state index in [1.807, 2.05) is 18.2 Å². The molecule has 1 atom stereocenters. The molecule has 1 aliphatic carbocycles. The van der Waals surface area contributed by atoms with Gasteiger partial charge in [-0.25, -0.2) is 4.79 Å². The lowest BCUT2D eigenvalue weighted by Gasteiger charge is -2.12. The van der Waals surface area contributed by atoms with E-state index in [0.29, 0.717) is 11.5 Å². The Bertz CT molecular complexity index is 578. The first-order chi connectivity index (χ1) is 9.21. The summed E-state index contributed by atoms with van der Waals surface area (Å²) >= 11 is 0. The lowest BCUT2D eigenvalue weighted by atomic mass is 10.0. The second-order valence-corrected chi connectivity index (χ2v) is 4.13. The van der Waals surface area contributed by atoms with E-state index in [0.717, 1.165) is 12.0 Å². The van der Waals surface area contributed by atoms with Gasteiger partial charge >= 0.3 is 5.63 Å². The lowest BCUT2D eigenvalue weighted by molar-refractivity contribution is 0.142. The highest BCUT2D eigenvalue weighted by molar-refractivity contribution is 5.52. The number of hydrogen-bond acceptors (Lipinski definition) is 4. The number of rotatable bonds is 4. The van der Waals surface area contributed by atoms with Crippen LogP contribution in [0.15, 0.2) is 51.2 Å². The van der Waals surface area contributed by atoms with Gasteiger partial charge in [-0.15, -0.1) is 0 Å². The third-order valence-electron chi connectivity index (χ3n) is 2.83. The van der Waals surface area contributed by atoms with Crippen molar-refractivity contribution in [3.8, 4) is 5.75 Å². The number of hydrogen-bond donors (Lipinski definition) is 0. The van der Waals surface area contributed by atoms with Crippen LogP contribution in [0.5, 0.6) is 5.75 Å². The summed E-state index contributed by atoms with van der Waals surface area (Å²) in [7, 11) is 3.20. The van der Waals surface area contributed by atoms with Crippen molar-refractivity contribution in [1.29, 1.82) is 0 Å². The Labute approximate surface area is 111 Å². The van der Waals surface area contributed by atoms with E-state index in [9.17, 15) is 4.79 Å². The molecule has 0 saturated heterocycles. The minimum Gasteiger partial charge on any atom is -0.496 e. The molecule has 0 radical (unpaired) electrons. The van der Waals surface area contributed by atoms with Crippen molar-refractivity contribution in [2.75, 3.05) is 14.2 Å². The van der Waals surface area contributed by atoms with Gasteiger partial charge in [0.1, 0.15) is 11.5 Å². The van der Waals surface area contributed by atoms with Crippen LogP contribution in [-0.4, -0.2) is 20.3 Å². The molecule has 100 valence electrons. The van der Waals surface area contributed by atoms with Crippen molar-refractivity contribution in [3.05, 3.63) is 58.2 Å². The Balaban J connectivity index is 2.11. The van der Waals surface area contributed by atoms with Crippen LogP contribution in [0.2, 0.25) is 0 Å². The second-order valence-electron chi connectivity index (χ2n) is 4.13. The molecule has 1 aliphatic rings. The minimum atomic E-state index is -0.424. The van der Waals surface area contributed by atoms with Crippen LogP contribution in [0, 0.1) is 0 Å². The SMILES string of the molecule is COc1cc(/C=C/C2=CCC(OC)C=C2)oc(=O)c1. The molecule has 4 nitrogen and oxygen atoms in total. The molecule has 1 aromatic rings. The largest absolute Gasteiger partial charge is 0.496 e. The fourth-order valence-electron chi connectivity index (χ4n) is 1.77. The van der Waals surface area contributed by atoms with Crippen LogP contribution in [-0.2, 0) is 4.74 Å². The summed E-state index contributed by atoms with van der Waals surface area (Å²) in [6.45, 7) is 0. The summed E-state index contributed by atoms with van der Waals surface area (Å²) in [5, 5.41) is 0. The van der Waals surface area contributed by atoms with E-state index >= 15 is 0 Å². The van der Waals surface area contributed by atoms with Crippen molar-refractivity contribution in [2.24, 2.45) is 0 Å². The minimum absolute atomic E-state index is 0.145. The van der Waals surface area contributed by atoms with E-state index in [-0.39, 0.29) is 6.10 Å². The van der Waals surface area contributed by atoms with Gasteiger partial charge in [0.15, 0.2) is 0 Å². The molecule has 1 aromatic heterocycles. The molecule has 0 bridgehead atoms. The topological polar surface area (TPSA) is 48.7 Å². The molecule has 19 heavy (non-hydrogen) atoms. The fraction of sp³-hybridized carbons (Fsp3) is 0.267. The van der Waals surface area contributed by atoms with Crippen LogP contribution in [0.3, 0.4) is 0 Å². The summed E-state index contributed by atoms with van der Waals surface area (Å²) in [6.07, 6.45) is 10.7. The highest BCUT2D eigenvalue weighted by Gasteiger charge is 2.05. The smallest absolute Gasteiger partial charge is 0.339 e. The summed E-state index contributed by atoms with van der Waals surface area (Å²) in [5.41, 5.74) is 0.630. The van der Waals surface area contributed by atoms with Gasteiger partial charge < -0.3 is 13.9 Å². The maximum atomic E-state index is 11.3. The van der Waals surface area contributed by atoms with Crippen LogP contribution < -0.4 is 10.4 Å². The Kier molecular flexibility index (Phi) is 4.36. The van der Waals surface area contributed by atoms with Crippen LogP contribution in [0.4, 0.5) is 0 Å². The van der Waals surface area contributed by atoms with Crippen LogP contribution >= 0.6 is 0 Å². The van der Waals surface area contributed by atoms with Crippen LogP contribution in [0.1, 0.15) is 12.2 Å². The zero-order chi connectivity index (χ0) is 13.7. The zero-order valence-corrected chi connectivity index (χ0v) is 11.0. The molecule has 0 aliphatic heterocycles.